The maximum Gasteiger partial charge on any atom is 0.322 e. The van der Waals surface area contributed by atoms with Crippen LogP contribution >= 0.6 is 11.6 Å². The van der Waals surface area contributed by atoms with Gasteiger partial charge in [0.1, 0.15) is 6.54 Å². The summed E-state index contributed by atoms with van der Waals surface area (Å²) in [6.07, 6.45) is 1.94. The Morgan fingerprint density at radius 1 is 1.21 bits per heavy atom. The molecule has 1 aromatic heterocycles. The van der Waals surface area contributed by atoms with E-state index in [1.54, 1.807) is 36.3 Å². The second-order valence-electron chi connectivity index (χ2n) is 7.08. The molecule has 1 aromatic carbocycles. The minimum absolute atomic E-state index is 0.0226. The van der Waals surface area contributed by atoms with Crippen LogP contribution in [0.1, 0.15) is 19.5 Å². The number of halogens is 1. The Morgan fingerprint density at radius 3 is 2.45 bits per heavy atom. The second-order valence-corrected chi connectivity index (χ2v) is 7.51. The number of rotatable bonds is 9. The Balaban J connectivity index is 2.08. The second kappa shape index (κ2) is 10.9. The molecule has 2 aromatic rings. The summed E-state index contributed by atoms with van der Waals surface area (Å²) in [4.78, 5) is 29.0. The molecular weight excluding hydrogens is 392 g/mol. The van der Waals surface area contributed by atoms with Crippen LogP contribution in [0.3, 0.4) is 0 Å². The lowest BCUT2D eigenvalue weighted by atomic mass is 10.3. The molecule has 0 radical (unpaired) electrons. The Kier molecular flexibility index (Phi) is 8.54. The number of nitrogens with zero attached hydrogens (tertiary/aromatic N) is 3. The van der Waals surface area contributed by atoms with Crippen LogP contribution in [0.15, 0.2) is 42.6 Å². The van der Waals surface area contributed by atoms with E-state index in [0.717, 1.165) is 5.69 Å². The number of urea groups is 1. The third kappa shape index (κ3) is 6.80. The number of anilines is 1. The molecule has 29 heavy (non-hydrogen) atoms. The highest BCUT2D eigenvalue weighted by Crippen LogP contribution is 2.15. The van der Waals surface area contributed by atoms with Crippen molar-refractivity contribution >= 4 is 29.2 Å². The summed E-state index contributed by atoms with van der Waals surface area (Å²) in [7, 11) is 3.54. The number of aromatic nitrogens is 1. The topological polar surface area (TPSA) is 66.8 Å². The molecule has 0 saturated carbocycles. The summed E-state index contributed by atoms with van der Waals surface area (Å²) in [5, 5.41) is 3.41. The van der Waals surface area contributed by atoms with Gasteiger partial charge in [0.2, 0.25) is 5.91 Å². The Hall–Kier alpha value is -2.51. The van der Waals surface area contributed by atoms with Gasteiger partial charge in [-0.3, -0.25) is 4.79 Å². The zero-order valence-corrected chi connectivity index (χ0v) is 18.1. The van der Waals surface area contributed by atoms with Gasteiger partial charge in [-0.05, 0) is 50.2 Å². The highest BCUT2D eigenvalue weighted by Gasteiger charge is 2.24. The molecule has 0 aliphatic heterocycles. The number of hydrogen-bond donors (Lipinski definition) is 1. The van der Waals surface area contributed by atoms with Gasteiger partial charge in [-0.15, -0.1) is 0 Å². The third-order valence-electron chi connectivity index (χ3n) is 4.61. The molecular formula is C21H29ClN4O3. The molecule has 8 heteroatoms. The van der Waals surface area contributed by atoms with Gasteiger partial charge in [-0.2, -0.15) is 0 Å². The predicted molar refractivity (Wildman–Crippen MR) is 115 cm³/mol. The minimum Gasteiger partial charge on any atom is -0.383 e. The number of amides is 3. The van der Waals surface area contributed by atoms with Gasteiger partial charge in [0, 0.05) is 49.3 Å². The normalized spacial score (nSPS) is 10.8. The Labute approximate surface area is 177 Å². The summed E-state index contributed by atoms with van der Waals surface area (Å²) in [5.41, 5.74) is 1.63. The standard InChI is InChI=1S/C21H29ClN4O3/c1-16(2)26(21(28)23-18-9-7-17(22)8-10-18)15-20(27)25(12-13-29-4)14-19-6-5-11-24(19)3/h5-11,16H,12-15H2,1-4H3,(H,23,28). The molecule has 0 fully saturated rings. The maximum atomic E-state index is 13.0. The van der Waals surface area contributed by atoms with E-state index in [2.05, 4.69) is 5.32 Å². The molecule has 0 atom stereocenters. The number of methoxy groups -OCH3 is 1. The van der Waals surface area contributed by atoms with Gasteiger partial charge >= 0.3 is 6.03 Å². The number of benzene rings is 1. The number of ether oxygens (including phenoxy) is 1. The van der Waals surface area contributed by atoms with Crippen LogP contribution in [0, 0.1) is 0 Å². The fourth-order valence-corrected chi connectivity index (χ4v) is 2.94. The summed E-state index contributed by atoms with van der Waals surface area (Å²) in [5.74, 6) is -0.136. The zero-order chi connectivity index (χ0) is 21.4. The Morgan fingerprint density at radius 2 is 1.90 bits per heavy atom. The largest absolute Gasteiger partial charge is 0.383 e. The van der Waals surface area contributed by atoms with Crippen molar-refractivity contribution in [2.75, 3.05) is 32.1 Å². The molecule has 0 aliphatic rings. The van der Waals surface area contributed by atoms with Crippen LogP contribution in [-0.2, 0) is 23.1 Å². The van der Waals surface area contributed by atoms with Crippen LogP contribution in [0.4, 0.5) is 10.5 Å². The lowest BCUT2D eigenvalue weighted by molar-refractivity contribution is -0.133. The van der Waals surface area contributed by atoms with Gasteiger partial charge in [-0.25, -0.2) is 4.79 Å². The van der Waals surface area contributed by atoms with Crippen molar-refractivity contribution in [2.45, 2.75) is 26.4 Å². The minimum atomic E-state index is -0.332. The molecule has 0 aliphatic carbocycles. The monoisotopic (exact) mass is 420 g/mol. The number of hydrogen-bond acceptors (Lipinski definition) is 3. The summed E-state index contributed by atoms with van der Waals surface area (Å²) in [6, 6.07) is 10.3. The number of carbonyl (C=O) groups is 2. The van der Waals surface area contributed by atoms with E-state index in [9.17, 15) is 9.59 Å². The number of nitrogens with one attached hydrogen (secondary N) is 1. The van der Waals surface area contributed by atoms with Crippen molar-refractivity contribution in [1.29, 1.82) is 0 Å². The summed E-state index contributed by atoms with van der Waals surface area (Å²) >= 11 is 5.89. The first kappa shape index (κ1) is 22.8. The molecule has 158 valence electrons. The molecule has 2 rings (SSSR count). The zero-order valence-electron chi connectivity index (χ0n) is 17.4. The molecule has 1 N–H and O–H groups in total. The highest BCUT2D eigenvalue weighted by atomic mass is 35.5. The van der Waals surface area contributed by atoms with Gasteiger partial charge in [0.25, 0.3) is 0 Å². The van der Waals surface area contributed by atoms with E-state index in [1.165, 1.54) is 4.90 Å². The van der Waals surface area contributed by atoms with E-state index < -0.39 is 0 Å². The van der Waals surface area contributed by atoms with Gasteiger partial charge < -0.3 is 24.4 Å². The van der Waals surface area contributed by atoms with Gasteiger partial charge in [0.15, 0.2) is 0 Å². The van der Waals surface area contributed by atoms with E-state index >= 15 is 0 Å². The van der Waals surface area contributed by atoms with Crippen LogP contribution in [-0.4, -0.2) is 59.2 Å². The van der Waals surface area contributed by atoms with E-state index in [0.29, 0.717) is 30.4 Å². The summed E-state index contributed by atoms with van der Waals surface area (Å²) < 4.78 is 7.13. The van der Waals surface area contributed by atoms with E-state index in [-0.39, 0.29) is 24.5 Å². The van der Waals surface area contributed by atoms with Crippen molar-refractivity contribution in [1.82, 2.24) is 14.4 Å². The van der Waals surface area contributed by atoms with Crippen molar-refractivity contribution in [2.24, 2.45) is 7.05 Å². The number of carbonyl (C=O) groups excluding carboxylic acids is 2. The average molecular weight is 421 g/mol. The van der Waals surface area contributed by atoms with Crippen molar-refractivity contribution in [3.8, 4) is 0 Å². The fraction of sp³-hybridized carbons (Fsp3) is 0.429. The smallest absolute Gasteiger partial charge is 0.322 e. The number of aryl methyl sites for hydroxylation is 1. The molecule has 0 bridgehead atoms. The molecule has 0 unspecified atom stereocenters. The molecule has 0 saturated heterocycles. The average Bonchev–Trinajstić information content (AvgIpc) is 3.08. The quantitative estimate of drug-likeness (QED) is 0.674. The van der Waals surface area contributed by atoms with Crippen LogP contribution in [0.2, 0.25) is 5.02 Å². The first-order valence-corrected chi connectivity index (χ1v) is 9.89. The van der Waals surface area contributed by atoms with Crippen LogP contribution in [0.25, 0.3) is 0 Å². The Bertz CT molecular complexity index is 805. The van der Waals surface area contributed by atoms with Crippen molar-refractivity contribution in [3.63, 3.8) is 0 Å². The fourth-order valence-electron chi connectivity index (χ4n) is 2.81. The lowest BCUT2D eigenvalue weighted by Gasteiger charge is -2.30. The van der Waals surface area contributed by atoms with Crippen LogP contribution in [0.5, 0.6) is 0 Å². The van der Waals surface area contributed by atoms with Crippen molar-refractivity contribution in [3.05, 3.63) is 53.3 Å². The van der Waals surface area contributed by atoms with E-state index in [1.807, 2.05) is 43.8 Å². The molecule has 0 spiro atoms. The van der Waals surface area contributed by atoms with Crippen LogP contribution < -0.4 is 5.32 Å². The van der Waals surface area contributed by atoms with Crippen molar-refractivity contribution < 1.29 is 14.3 Å². The SMILES string of the molecule is COCCN(Cc1cccn1C)C(=O)CN(C(=O)Nc1ccc(Cl)cc1)C(C)C. The lowest BCUT2D eigenvalue weighted by Crippen LogP contribution is -2.48. The molecule has 7 nitrogen and oxygen atoms in total. The molecule has 1 heterocycles. The predicted octanol–water partition coefficient (Wildman–Crippen LogP) is 3.60. The maximum absolute atomic E-state index is 13.0. The first-order valence-electron chi connectivity index (χ1n) is 9.52. The van der Waals surface area contributed by atoms with Gasteiger partial charge in [0.05, 0.1) is 13.2 Å². The first-order chi connectivity index (χ1) is 13.8. The molecule has 3 amide bonds. The van der Waals surface area contributed by atoms with Gasteiger partial charge in [-0.1, -0.05) is 11.6 Å². The highest BCUT2D eigenvalue weighted by molar-refractivity contribution is 6.30. The van der Waals surface area contributed by atoms with E-state index in [4.69, 9.17) is 16.3 Å². The summed E-state index contributed by atoms with van der Waals surface area (Å²) in [6.45, 7) is 5.07. The third-order valence-corrected chi connectivity index (χ3v) is 4.86.